The van der Waals surface area contributed by atoms with Gasteiger partial charge in [0, 0.05) is 25.0 Å². The highest BCUT2D eigenvalue weighted by atomic mass is 16.6. The fraction of sp³-hybridized carbons (Fsp3) is 0.395. The molecule has 0 aliphatic heterocycles. The highest BCUT2D eigenvalue weighted by molar-refractivity contribution is 5.96. The molecule has 20 nitrogen and oxygen atoms in total. The van der Waals surface area contributed by atoms with Gasteiger partial charge >= 0.3 is 5.97 Å². The van der Waals surface area contributed by atoms with Crippen molar-refractivity contribution in [2.75, 3.05) is 13.1 Å². The van der Waals surface area contributed by atoms with Crippen molar-refractivity contribution in [1.29, 1.82) is 0 Å². The van der Waals surface area contributed by atoms with Gasteiger partial charge < -0.3 is 48.1 Å². The minimum Gasteiger partial charge on any atom is -0.480 e. The summed E-state index contributed by atoms with van der Waals surface area (Å²) in [5.41, 5.74) is 7.87. The van der Waals surface area contributed by atoms with Crippen LogP contribution in [0, 0.1) is 16.0 Å². The van der Waals surface area contributed by atoms with Gasteiger partial charge in [-0.05, 0) is 55.4 Å². The fourth-order valence-corrected chi connectivity index (χ4v) is 5.99. The van der Waals surface area contributed by atoms with Crippen LogP contribution in [0.1, 0.15) is 52.2 Å². The number of carboxylic acids is 1. The van der Waals surface area contributed by atoms with E-state index in [-0.39, 0.29) is 30.9 Å². The molecule has 63 heavy (non-hydrogen) atoms. The summed E-state index contributed by atoms with van der Waals surface area (Å²) < 4.78 is 0. The number of aliphatic carboxylic acids is 1. The second kappa shape index (κ2) is 24.3. The Kier molecular flexibility index (Phi) is 19.3. The van der Waals surface area contributed by atoms with E-state index in [0.717, 1.165) is 0 Å². The molecule has 3 rings (SSSR count). The molecule has 3 aromatic carbocycles. The summed E-state index contributed by atoms with van der Waals surface area (Å²) in [6, 6.07) is 14.5. The lowest BCUT2D eigenvalue weighted by atomic mass is 9.99. The number of hydrogen-bond acceptors (Lipinski definition) is 11. The van der Waals surface area contributed by atoms with Crippen LogP contribution in [0.2, 0.25) is 0 Å². The lowest BCUT2D eigenvalue weighted by Crippen LogP contribution is -2.57. The predicted octanol–water partition coefficient (Wildman–Crippen LogP) is 0.221. The van der Waals surface area contributed by atoms with E-state index >= 15 is 0 Å². The van der Waals surface area contributed by atoms with Crippen LogP contribution < -0.4 is 43.0 Å². The van der Waals surface area contributed by atoms with Crippen LogP contribution in [-0.2, 0) is 51.2 Å². The number of carbonyl (C=O) groups excluding carboxylic acids is 7. The molecule has 0 spiro atoms. The molecule has 10 N–H and O–H groups in total. The smallest absolute Gasteiger partial charge is 0.326 e. The minimum atomic E-state index is -1.31. The summed E-state index contributed by atoms with van der Waals surface area (Å²) in [5.74, 6) is -6.48. The van der Waals surface area contributed by atoms with Crippen molar-refractivity contribution in [3.63, 3.8) is 0 Å². The van der Waals surface area contributed by atoms with Crippen molar-refractivity contribution in [3.8, 4) is 11.1 Å². The first-order valence-electron chi connectivity index (χ1n) is 20.1. The van der Waals surface area contributed by atoms with Crippen LogP contribution in [0.3, 0.4) is 0 Å². The summed E-state index contributed by atoms with van der Waals surface area (Å²) in [5, 5.41) is 38.2. The molecule has 0 saturated heterocycles. The van der Waals surface area contributed by atoms with Crippen LogP contribution in [0.4, 0.5) is 5.69 Å². The molecule has 0 heterocycles. The summed E-state index contributed by atoms with van der Waals surface area (Å²) >= 11 is 0. The predicted molar refractivity (Wildman–Crippen MR) is 230 cm³/mol. The van der Waals surface area contributed by atoms with Gasteiger partial charge in [0.25, 0.3) is 5.69 Å². The average molecular weight is 874 g/mol. The van der Waals surface area contributed by atoms with Gasteiger partial charge in [-0.3, -0.25) is 43.7 Å². The Labute approximate surface area is 364 Å². The molecule has 6 atom stereocenters. The van der Waals surface area contributed by atoms with Gasteiger partial charge in [-0.2, -0.15) is 0 Å². The maximum atomic E-state index is 13.6. The van der Waals surface area contributed by atoms with Crippen molar-refractivity contribution in [2.45, 2.75) is 90.1 Å². The first kappa shape index (κ1) is 50.1. The van der Waals surface area contributed by atoms with Gasteiger partial charge in [0.05, 0.1) is 24.1 Å². The number of nitro benzene ring substituents is 1. The Hall–Kier alpha value is -7.22. The van der Waals surface area contributed by atoms with Crippen molar-refractivity contribution in [3.05, 3.63) is 100 Å². The van der Waals surface area contributed by atoms with E-state index < -0.39 is 102 Å². The van der Waals surface area contributed by atoms with Gasteiger partial charge in [-0.25, -0.2) is 4.79 Å². The second-order valence-electron chi connectivity index (χ2n) is 15.4. The fourth-order valence-electron chi connectivity index (χ4n) is 5.99. The standard InChI is InChI=1S/C43H55N9O11/c1-24(2)18-35(43(60)61)51-42(59)34(19-28-10-7-6-8-11-28)49-37(54)23-45-36(53)22-46-41(58)33(50-40(57)27(5)48-39(56)26(4)47-38(55)25(3)44)20-29-14-16-30(17-15-29)31-12-9-13-32(21-31)52(62)63/h6-17,21,24-27,33-35H,18-20,22-23,44H2,1-5H3,(H,45,53)(H,46,58)(H,47,55)(H,48,56)(H,49,54)(H,50,57)(H,51,59)(H,60,61)/t25-,26-,27-,33-,34-,35-/m0/s1. The maximum absolute atomic E-state index is 13.6. The Balaban J connectivity index is 1.70. The summed E-state index contributed by atoms with van der Waals surface area (Å²) in [6.07, 6.45) is 0.0643. The molecule has 7 amide bonds. The van der Waals surface area contributed by atoms with Crippen molar-refractivity contribution < 1.29 is 48.4 Å². The number of nitrogens with two attached hydrogens (primary N) is 1. The molecule has 0 unspecified atom stereocenters. The Morgan fingerprint density at radius 1 is 0.587 bits per heavy atom. The van der Waals surface area contributed by atoms with Crippen LogP contribution in [-0.4, -0.2) is 107 Å². The van der Waals surface area contributed by atoms with Crippen molar-refractivity contribution in [2.24, 2.45) is 11.7 Å². The van der Waals surface area contributed by atoms with Crippen molar-refractivity contribution in [1.82, 2.24) is 37.2 Å². The largest absolute Gasteiger partial charge is 0.480 e. The SMILES string of the molecule is CC(C)C[C@H](NC(=O)[C@H](Cc1ccccc1)NC(=O)CNC(=O)CNC(=O)[C@H](Cc1ccc(-c2cccc([N+](=O)[O-])c2)cc1)NC(=O)[C@H](C)NC(=O)[C@H](C)NC(=O)[C@H](C)N)C(=O)O. The first-order chi connectivity index (χ1) is 29.7. The second-order valence-corrected chi connectivity index (χ2v) is 15.4. The summed E-state index contributed by atoms with van der Waals surface area (Å²) in [7, 11) is 0. The molecule has 0 aliphatic carbocycles. The Bertz CT molecular complexity index is 2110. The minimum absolute atomic E-state index is 0.0203. The van der Waals surface area contributed by atoms with Crippen LogP contribution in [0.15, 0.2) is 78.9 Å². The van der Waals surface area contributed by atoms with Crippen LogP contribution >= 0.6 is 0 Å². The number of rotatable bonds is 23. The quantitative estimate of drug-likeness (QED) is 0.0457. The number of amides is 7. The van der Waals surface area contributed by atoms with Gasteiger partial charge in [-0.1, -0.05) is 80.6 Å². The average Bonchev–Trinajstić information content (AvgIpc) is 3.24. The van der Waals surface area contributed by atoms with E-state index in [2.05, 4.69) is 37.2 Å². The van der Waals surface area contributed by atoms with Crippen molar-refractivity contribution >= 4 is 53.0 Å². The van der Waals surface area contributed by atoms with Gasteiger partial charge in [0.15, 0.2) is 0 Å². The third-order valence-electron chi connectivity index (χ3n) is 9.46. The number of non-ortho nitro benzene ring substituents is 1. The lowest BCUT2D eigenvalue weighted by Gasteiger charge is -2.23. The monoisotopic (exact) mass is 873 g/mol. The molecule has 0 radical (unpaired) electrons. The van der Waals surface area contributed by atoms with E-state index in [1.54, 1.807) is 80.6 Å². The molecule has 338 valence electrons. The molecule has 0 aliphatic rings. The normalized spacial score (nSPS) is 13.7. The Morgan fingerprint density at radius 2 is 1.13 bits per heavy atom. The summed E-state index contributed by atoms with van der Waals surface area (Å²) in [6.45, 7) is 6.54. The van der Waals surface area contributed by atoms with Gasteiger partial charge in [0.2, 0.25) is 41.4 Å². The number of carboxylic acid groups (broad SMARTS) is 1. The van der Waals surface area contributed by atoms with Gasteiger partial charge in [-0.15, -0.1) is 0 Å². The zero-order chi connectivity index (χ0) is 46.8. The zero-order valence-electron chi connectivity index (χ0n) is 35.6. The maximum Gasteiger partial charge on any atom is 0.326 e. The van der Waals surface area contributed by atoms with Crippen LogP contribution in [0.25, 0.3) is 11.1 Å². The topological polar surface area (TPSA) is 310 Å². The third-order valence-corrected chi connectivity index (χ3v) is 9.46. The van der Waals surface area contributed by atoms with E-state index in [1.807, 2.05) is 0 Å². The molecule has 0 saturated carbocycles. The Morgan fingerprint density at radius 3 is 1.70 bits per heavy atom. The molecule has 0 bridgehead atoms. The van der Waals surface area contributed by atoms with Crippen LogP contribution in [0.5, 0.6) is 0 Å². The molecule has 3 aromatic rings. The molecule has 0 fully saturated rings. The summed E-state index contributed by atoms with van der Waals surface area (Å²) in [4.78, 5) is 113. The molecule has 0 aromatic heterocycles. The number of carbonyl (C=O) groups is 8. The third kappa shape index (κ3) is 17.0. The highest BCUT2D eigenvalue weighted by Gasteiger charge is 2.29. The number of hydrogen-bond donors (Lipinski definition) is 9. The molecule has 20 heteroatoms. The lowest BCUT2D eigenvalue weighted by molar-refractivity contribution is -0.384. The van der Waals surface area contributed by atoms with Gasteiger partial charge in [0.1, 0.15) is 30.2 Å². The van der Waals surface area contributed by atoms with E-state index in [1.165, 1.54) is 32.9 Å². The van der Waals surface area contributed by atoms with E-state index in [4.69, 9.17) is 5.73 Å². The number of benzene rings is 3. The van der Waals surface area contributed by atoms with E-state index in [9.17, 15) is 53.6 Å². The first-order valence-corrected chi connectivity index (χ1v) is 20.1. The molecular weight excluding hydrogens is 819 g/mol. The molecular formula is C43H55N9O11. The highest BCUT2D eigenvalue weighted by Crippen LogP contribution is 2.24. The number of nitro groups is 1. The number of nitrogens with zero attached hydrogens (tertiary/aromatic N) is 1. The van der Waals surface area contributed by atoms with E-state index in [0.29, 0.717) is 22.3 Å². The zero-order valence-corrected chi connectivity index (χ0v) is 35.6. The number of nitrogens with one attached hydrogen (secondary N) is 7.